The molecule has 1 aromatic heterocycles. The maximum absolute atomic E-state index is 5.83. The van der Waals surface area contributed by atoms with Gasteiger partial charge < -0.3 is 9.73 Å². The molecule has 1 unspecified atom stereocenters. The highest BCUT2D eigenvalue weighted by atomic mass is 35.5. The molecule has 0 saturated heterocycles. The molecule has 80 valence electrons. The third-order valence-corrected chi connectivity index (χ3v) is 2.97. The van der Waals surface area contributed by atoms with E-state index in [0.29, 0.717) is 11.9 Å². The molecule has 2 nitrogen and oxygen atoms in total. The van der Waals surface area contributed by atoms with Crippen molar-refractivity contribution in [2.75, 3.05) is 12.9 Å². The summed E-state index contributed by atoms with van der Waals surface area (Å²) < 4.78 is 5.35. The first-order valence-corrected chi connectivity index (χ1v) is 5.56. The number of fused-ring (bicyclic) bond motifs is 1. The Hall–Kier alpha value is -0.990. The standard InChI is InChI=1S/C12H14ClNO/c1-14-11(8-13)6-9-2-3-10-4-5-15-12(10)7-9/h2-5,7,11,14H,6,8H2,1H3. The van der Waals surface area contributed by atoms with Crippen molar-refractivity contribution in [3.8, 4) is 0 Å². The van der Waals surface area contributed by atoms with E-state index in [2.05, 4.69) is 23.5 Å². The fourth-order valence-corrected chi connectivity index (χ4v) is 1.91. The van der Waals surface area contributed by atoms with Crippen LogP contribution in [0.15, 0.2) is 34.9 Å². The highest BCUT2D eigenvalue weighted by molar-refractivity contribution is 6.18. The van der Waals surface area contributed by atoms with Gasteiger partial charge in [-0.05, 0) is 31.2 Å². The monoisotopic (exact) mass is 223 g/mol. The smallest absolute Gasteiger partial charge is 0.134 e. The molecule has 0 amide bonds. The van der Waals surface area contributed by atoms with Crippen LogP contribution in [0.1, 0.15) is 5.56 Å². The molecule has 0 aliphatic heterocycles. The summed E-state index contributed by atoms with van der Waals surface area (Å²) in [5.74, 6) is 0.618. The number of likely N-dealkylation sites (N-methyl/N-ethyl adjacent to an activating group) is 1. The summed E-state index contributed by atoms with van der Waals surface area (Å²) in [5, 5.41) is 4.32. The van der Waals surface area contributed by atoms with Crippen molar-refractivity contribution in [1.29, 1.82) is 0 Å². The molecule has 1 heterocycles. The number of rotatable bonds is 4. The van der Waals surface area contributed by atoms with Gasteiger partial charge in [0, 0.05) is 17.3 Å². The third kappa shape index (κ3) is 2.33. The zero-order valence-corrected chi connectivity index (χ0v) is 9.42. The average molecular weight is 224 g/mol. The van der Waals surface area contributed by atoms with Crippen molar-refractivity contribution in [3.05, 3.63) is 36.1 Å². The molecule has 2 rings (SSSR count). The summed E-state index contributed by atoms with van der Waals surface area (Å²) in [7, 11) is 1.93. The van der Waals surface area contributed by atoms with Crippen LogP contribution in [0.4, 0.5) is 0 Å². The van der Waals surface area contributed by atoms with Gasteiger partial charge in [-0.1, -0.05) is 12.1 Å². The Morgan fingerprint density at radius 2 is 2.27 bits per heavy atom. The lowest BCUT2D eigenvalue weighted by Crippen LogP contribution is -2.29. The third-order valence-electron chi connectivity index (χ3n) is 2.60. The van der Waals surface area contributed by atoms with Gasteiger partial charge in [0.15, 0.2) is 0 Å². The minimum Gasteiger partial charge on any atom is -0.464 e. The van der Waals surface area contributed by atoms with Crippen LogP contribution >= 0.6 is 11.6 Å². The lowest BCUT2D eigenvalue weighted by Gasteiger charge is -2.12. The first kappa shape index (κ1) is 10.5. The van der Waals surface area contributed by atoms with Crippen LogP contribution in [0, 0.1) is 0 Å². The van der Waals surface area contributed by atoms with Crippen LogP contribution in [-0.2, 0) is 6.42 Å². The number of hydrogen-bond donors (Lipinski definition) is 1. The molecule has 2 aromatic rings. The van der Waals surface area contributed by atoms with E-state index in [4.69, 9.17) is 16.0 Å². The molecule has 1 aromatic carbocycles. The zero-order chi connectivity index (χ0) is 10.7. The van der Waals surface area contributed by atoms with Gasteiger partial charge in [0.25, 0.3) is 0 Å². The Morgan fingerprint density at radius 1 is 1.40 bits per heavy atom. The molecule has 15 heavy (non-hydrogen) atoms. The largest absolute Gasteiger partial charge is 0.464 e. The van der Waals surface area contributed by atoms with Crippen LogP contribution in [0.5, 0.6) is 0 Å². The van der Waals surface area contributed by atoms with Gasteiger partial charge in [0.05, 0.1) is 6.26 Å². The molecular formula is C12H14ClNO. The van der Waals surface area contributed by atoms with E-state index in [1.807, 2.05) is 13.1 Å². The fraction of sp³-hybridized carbons (Fsp3) is 0.333. The second-order valence-electron chi connectivity index (χ2n) is 3.64. The second-order valence-corrected chi connectivity index (χ2v) is 3.95. The van der Waals surface area contributed by atoms with Crippen LogP contribution < -0.4 is 5.32 Å². The Kier molecular flexibility index (Phi) is 3.29. The summed E-state index contributed by atoms with van der Waals surface area (Å²) in [4.78, 5) is 0. The van der Waals surface area contributed by atoms with Crippen molar-refractivity contribution in [1.82, 2.24) is 5.32 Å². The molecule has 0 saturated carbocycles. The molecule has 0 aliphatic carbocycles. The second kappa shape index (κ2) is 4.69. The molecule has 0 aliphatic rings. The van der Waals surface area contributed by atoms with Crippen molar-refractivity contribution in [2.24, 2.45) is 0 Å². The number of halogens is 1. The highest BCUT2D eigenvalue weighted by Gasteiger charge is 2.06. The van der Waals surface area contributed by atoms with Crippen molar-refractivity contribution >= 4 is 22.6 Å². The molecule has 1 atom stereocenters. The van der Waals surface area contributed by atoms with E-state index in [0.717, 1.165) is 17.4 Å². The number of furan rings is 1. The number of alkyl halides is 1. The minimum absolute atomic E-state index is 0.319. The van der Waals surface area contributed by atoms with Crippen LogP contribution in [0.2, 0.25) is 0 Å². The maximum Gasteiger partial charge on any atom is 0.134 e. The van der Waals surface area contributed by atoms with E-state index < -0.39 is 0 Å². The van der Waals surface area contributed by atoms with E-state index in [9.17, 15) is 0 Å². The molecule has 3 heteroatoms. The lowest BCUT2D eigenvalue weighted by atomic mass is 10.1. The van der Waals surface area contributed by atoms with Crippen molar-refractivity contribution in [2.45, 2.75) is 12.5 Å². The Balaban J connectivity index is 2.20. The normalized spacial score (nSPS) is 13.2. The number of benzene rings is 1. The van der Waals surface area contributed by atoms with Crippen LogP contribution in [0.3, 0.4) is 0 Å². The van der Waals surface area contributed by atoms with Crippen molar-refractivity contribution < 1.29 is 4.42 Å². The summed E-state index contributed by atoms with van der Waals surface area (Å²) in [6.45, 7) is 0. The van der Waals surface area contributed by atoms with E-state index in [1.54, 1.807) is 6.26 Å². The predicted molar refractivity (Wildman–Crippen MR) is 63.5 cm³/mol. The maximum atomic E-state index is 5.83. The van der Waals surface area contributed by atoms with Gasteiger partial charge in [-0.15, -0.1) is 11.6 Å². The Morgan fingerprint density at radius 3 is 3.00 bits per heavy atom. The zero-order valence-electron chi connectivity index (χ0n) is 8.66. The SMILES string of the molecule is CNC(CCl)Cc1ccc2ccoc2c1. The molecule has 1 N–H and O–H groups in total. The summed E-state index contributed by atoms with van der Waals surface area (Å²) in [6.07, 6.45) is 2.64. The molecule has 0 spiro atoms. The van der Waals surface area contributed by atoms with Gasteiger partial charge >= 0.3 is 0 Å². The summed E-state index contributed by atoms with van der Waals surface area (Å²) in [5.41, 5.74) is 2.19. The van der Waals surface area contributed by atoms with Gasteiger partial charge in [-0.3, -0.25) is 0 Å². The fourth-order valence-electron chi connectivity index (χ4n) is 1.64. The Labute approximate surface area is 94.2 Å². The number of nitrogens with one attached hydrogen (secondary N) is 1. The van der Waals surface area contributed by atoms with E-state index in [1.165, 1.54) is 5.56 Å². The molecule has 0 fully saturated rings. The van der Waals surface area contributed by atoms with Gasteiger partial charge in [0.2, 0.25) is 0 Å². The molecular weight excluding hydrogens is 210 g/mol. The predicted octanol–water partition coefficient (Wildman–Crippen LogP) is 2.80. The molecule has 0 radical (unpaired) electrons. The van der Waals surface area contributed by atoms with E-state index >= 15 is 0 Å². The van der Waals surface area contributed by atoms with Crippen LogP contribution in [-0.4, -0.2) is 19.0 Å². The van der Waals surface area contributed by atoms with Gasteiger partial charge in [-0.2, -0.15) is 0 Å². The lowest BCUT2D eigenvalue weighted by molar-refractivity contribution is 0.605. The first-order chi connectivity index (χ1) is 7.33. The molecule has 0 bridgehead atoms. The van der Waals surface area contributed by atoms with Crippen LogP contribution in [0.25, 0.3) is 11.0 Å². The Bertz CT molecular complexity index is 434. The quantitative estimate of drug-likeness (QED) is 0.807. The average Bonchev–Trinajstić information content (AvgIpc) is 2.73. The highest BCUT2D eigenvalue weighted by Crippen LogP contribution is 2.17. The van der Waals surface area contributed by atoms with Crippen molar-refractivity contribution in [3.63, 3.8) is 0 Å². The van der Waals surface area contributed by atoms with Gasteiger partial charge in [0.1, 0.15) is 5.58 Å². The topological polar surface area (TPSA) is 25.2 Å². The minimum atomic E-state index is 0.319. The number of hydrogen-bond acceptors (Lipinski definition) is 2. The van der Waals surface area contributed by atoms with Gasteiger partial charge in [-0.25, -0.2) is 0 Å². The summed E-state index contributed by atoms with van der Waals surface area (Å²) in [6, 6.07) is 8.56. The van der Waals surface area contributed by atoms with E-state index in [-0.39, 0.29) is 0 Å². The first-order valence-electron chi connectivity index (χ1n) is 5.03. The summed E-state index contributed by atoms with van der Waals surface area (Å²) >= 11 is 5.83.